The van der Waals surface area contributed by atoms with Gasteiger partial charge in [0.1, 0.15) is 5.54 Å². The molecule has 0 aromatic carbocycles. The summed E-state index contributed by atoms with van der Waals surface area (Å²) in [6, 6.07) is 2.47. The van der Waals surface area contributed by atoms with E-state index in [2.05, 4.69) is 38.7 Å². The zero-order valence-electron chi connectivity index (χ0n) is 10.8. The van der Waals surface area contributed by atoms with Crippen molar-refractivity contribution in [2.75, 3.05) is 6.54 Å². The van der Waals surface area contributed by atoms with E-state index in [1.165, 1.54) is 0 Å². The van der Waals surface area contributed by atoms with Crippen LogP contribution in [0.25, 0.3) is 0 Å². The molecule has 0 radical (unpaired) electrons. The second-order valence-electron chi connectivity index (χ2n) is 6.00. The Hall–Kier alpha value is -0.810. The summed E-state index contributed by atoms with van der Waals surface area (Å²) in [6.07, 6.45) is 6.08. The predicted octanol–water partition coefficient (Wildman–Crippen LogP) is 3.26. The smallest absolute Gasteiger partial charge is 0.107 e. The van der Waals surface area contributed by atoms with Crippen LogP contribution in [0.2, 0.25) is 0 Å². The van der Waals surface area contributed by atoms with Gasteiger partial charge in [0, 0.05) is 6.54 Å². The number of nitriles is 1. The average Bonchev–Trinajstić information content (AvgIpc) is 2.26. The highest BCUT2D eigenvalue weighted by Gasteiger charge is 2.38. The normalized spacial score (nSPS) is 30.8. The van der Waals surface area contributed by atoms with Crippen LogP contribution in [0.1, 0.15) is 46.5 Å². The van der Waals surface area contributed by atoms with E-state index >= 15 is 0 Å². The summed E-state index contributed by atoms with van der Waals surface area (Å²) in [5.74, 6) is 0.750. The number of rotatable bonds is 3. The maximum Gasteiger partial charge on any atom is 0.107 e. The first kappa shape index (κ1) is 13.3. The summed E-state index contributed by atoms with van der Waals surface area (Å²) in [5, 5.41) is 12.6. The Labute approximate surface area is 99.7 Å². The molecule has 0 amide bonds. The standard InChI is InChI=1S/C14H24N2/c1-5-10-16-14(11-15)8-6-12(7-9-14)13(2,3)4/h5,12,16H,1,6-10H2,2-4H3. The summed E-state index contributed by atoms with van der Waals surface area (Å²) in [7, 11) is 0. The molecule has 2 nitrogen and oxygen atoms in total. The van der Waals surface area contributed by atoms with Gasteiger partial charge in [-0.25, -0.2) is 0 Å². The van der Waals surface area contributed by atoms with Crippen molar-refractivity contribution in [2.45, 2.75) is 52.0 Å². The van der Waals surface area contributed by atoms with Crippen LogP contribution in [0.15, 0.2) is 12.7 Å². The Balaban J connectivity index is 2.58. The van der Waals surface area contributed by atoms with E-state index in [1.807, 2.05) is 6.08 Å². The number of hydrogen-bond donors (Lipinski definition) is 1. The SMILES string of the molecule is C=CCNC1(C#N)CCC(C(C)(C)C)CC1. The molecule has 0 unspecified atom stereocenters. The van der Waals surface area contributed by atoms with Crippen molar-refractivity contribution in [1.29, 1.82) is 5.26 Å². The third-order valence-corrected chi connectivity index (χ3v) is 3.86. The predicted molar refractivity (Wildman–Crippen MR) is 68.0 cm³/mol. The van der Waals surface area contributed by atoms with Crippen molar-refractivity contribution in [1.82, 2.24) is 5.32 Å². The van der Waals surface area contributed by atoms with Crippen LogP contribution in [-0.2, 0) is 0 Å². The highest BCUT2D eigenvalue weighted by molar-refractivity contribution is 5.10. The Morgan fingerprint density at radius 3 is 2.38 bits per heavy atom. The van der Waals surface area contributed by atoms with Crippen molar-refractivity contribution < 1.29 is 0 Å². The molecule has 1 N–H and O–H groups in total. The largest absolute Gasteiger partial charge is 0.296 e. The van der Waals surface area contributed by atoms with Crippen LogP contribution in [0.4, 0.5) is 0 Å². The summed E-state index contributed by atoms with van der Waals surface area (Å²) >= 11 is 0. The van der Waals surface area contributed by atoms with Crippen LogP contribution in [0, 0.1) is 22.7 Å². The third kappa shape index (κ3) is 3.09. The average molecular weight is 220 g/mol. The molecule has 0 aromatic heterocycles. The zero-order valence-corrected chi connectivity index (χ0v) is 10.8. The number of nitrogens with zero attached hydrogens (tertiary/aromatic N) is 1. The van der Waals surface area contributed by atoms with Crippen LogP contribution in [0.5, 0.6) is 0 Å². The molecular weight excluding hydrogens is 196 g/mol. The first-order chi connectivity index (χ1) is 7.43. The summed E-state index contributed by atoms with van der Waals surface area (Å²) in [4.78, 5) is 0. The number of hydrogen-bond acceptors (Lipinski definition) is 2. The monoisotopic (exact) mass is 220 g/mol. The molecule has 0 aromatic rings. The van der Waals surface area contributed by atoms with Gasteiger partial charge in [0.15, 0.2) is 0 Å². The molecule has 90 valence electrons. The van der Waals surface area contributed by atoms with Gasteiger partial charge in [0.25, 0.3) is 0 Å². The molecule has 0 spiro atoms. The quantitative estimate of drug-likeness (QED) is 0.741. The molecule has 0 aliphatic heterocycles. The lowest BCUT2D eigenvalue weighted by Crippen LogP contribution is -2.48. The van der Waals surface area contributed by atoms with Crippen LogP contribution >= 0.6 is 0 Å². The molecule has 1 aliphatic rings. The van der Waals surface area contributed by atoms with E-state index in [1.54, 1.807) is 0 Å². The van der Waals surface area contributed by atoms with Gasteiger partial charge in [0.2, 0.25) is 0 Å². The van der Waals surface area contributed by atoms with Crippen molar-refractivity contribution >= 4 is 0 Å². The minimum atomic E-state index is -0.296. The Bertz CT molecular complexity index is 272. The molecule has 1 fully saturated rings. The lowest BCUT2D eigenvalue weighted by molar-refractivity contribution is 0.140. The minimum absolute atomic E-state index is 0.296. The Morgan fingerprint density at radius 2 is 2.00 bits per heavy atom. The van der Waals surface area contributed by atoms with Gasteiger partial charge in [-0.05, 0) is 37.0 Å². The lowest BCUT2D eigenvalue weighted by Gasteiger charge is -2.41. The summed E-state index contributed by atoms with van der Waals surface area (Å²) in [5.41, 5.74) is 0.0794. The molecule has 0 saturated heterocycles. The van der Waals surface area contributed by atoms with Gasteiger partial charge in [0.05, 0.1) is 6.07 Å². The number of nitrogens with one attached hydrogen (secondary N) is 1. The maximum atomic E-state index is 9.31. The highest BCUT2D eigenvalue weighted by Crippen LogP contribution is 2.41. The molecule has 0 heterocycles. The van der Waals surface area contributed by atoms with Crippen LogP contribution in [-0.4, -0.2) is 12.1 Å². The van der Waals surface area contributed by atoms with Gasteiger partial charge >= 0.3 is 0 Å². The summed E-state index contributed by atoms with van der Waals surface area (Å²) in [6.45, 7) is 11.3. The summed E-state index contributed by atoms with van der Waals surface area (Å²) < 4.78 is 0. The van der Waals surface area contributed by atoms with Crippen LogP contribution in [0.3, 0.4) is 0 Å². The van der Waals surface area contributed by atoms with Crippen molar-refractivity contribution in [3.8, 4) is 6.07 Å². The first-order valence-corrected chi connectivity index (χ1v) is 6.21. The van der Waals surface area contributed by atoms with E-state index in [0.29, 0.717) is 5.41 Å². The molecule has 0 bridgehead atoms. The Morgan fingerprint density at radius 1 is 1.44 bits per heavy atom. The van der Waals surface area contributed by atoms with E-state index < -0.39 is 0 Å². The molecule has 0 atom stereocenters. The second-order valence-corrected chi connectivity index (χ2v) is 6.00. The van der Waals surface area contributed by atoms with E-state index in [-0.39, 0.29) is 5.54 Å². The third-order valence-electron chi connectivity index (χ3n) is 3.86. The lowest BCUT2D eigenvalue weighted by atomic mass is 9.67. The van der Waals surface area contributed by atoms with E-state index in [9.17, 15) is 5.26 Å². The second kappa shape index (κ2) is 5.01. The van der Waals surface area contributed by atoms with Gasteiger partial charge in [-0.3, -0.25) is 5.32 Å². The van der Waals surface area contributed by atoms with Crippen molar-refractivity contribution in [3.05, 3.63) is 12.7 Å². The minimum Gasteiger partial charge on any atom is -0.296 e. The molecule has 1 rings (SSSR count). The Kier molecular flexibility index (Phi) is 4.15. The molecule has 1 aliphatic carbocycles. The topological polar surface area (TPSA) is 35.8 Å². The van der Waals surface area contributed by atoms with Crippen molar-refractivity contribution in [2.24, 2.45) is 11.3 Å². The van der Waals surface area contributed by atoms with Gasteiger partial charge in [-0.2, -0.15) is 5.26 Å². The van der Waals surface area contributed by atoms with Crippen molar-refractivity contribution in [3.63, 3.8) is 0 Å². The van der Waals surface area contributed by atoms with E-state index in [0.717, 1.165) is 38.1 Å². The fourth-order valence-electron chi connectivity index (χ4n) is 2.57. The maximum absolute atomic E-state index is 9.31. The van der Waals surface area contributed by atoms with Crippen LogP contribution < -0.4 is 5.32 Å². The fourth-order valence-corrected chi connectivity index (χ4v) is 2.57. The molecule has 2 heteroatoms. The molecule has 1 saturated carbocycles. The molecule has 16 heavy (non-hydrogen) atoms. The van der Waals surface area contributed by atoms with E-state index in [4.69, 9.17) is 0 Å². The highest BCUT2D eigenvalue weighted by atomic mass is 15.0. The van der Waals surface area contributed by atoms with Gasteiger partial charge in [-0.1, -0.05) is 26.8 Å². The fraction of sp³-hybridized carbons (Fsp3) is 0.786. The first-order valence-electron chi connectivity index (χ1n) is 6.21. The van der Waals surface area contributed by atoms with Gasteiger partial charge < -0.3 is 0 Å². The zero-order chi connectivity index (χ0) is 12.2. The molecular formula is C14H24N2. The van der Waals surface area contributed by atoms with Gasteiger partial charge in [-0.15, -0.1) is 6.58 Å².